The van der Waals surface area contributed by atoms with E-state index in [1.165, 1.54) is 6.42 Å². The Kier molecular flexibility index (Phi) is 2.57. The molecule has 4 bridgehead atoms. The Morgan fingerprint density at radius 1 is 0.667 bits per heavy atom. The number of fused-ring (bicyclic) bond motifs is 3. The predicted octanol–water partition coefficient (Wildman–Crippen LogP) is 4.78. The van der Waals surface area contributed by atoms with E-state index >= 15 is 0 Å². The summed E-state index contributed by atoms with van der Waals surface area (Å²) < 4.78 is 0. The van der Waals surface area contributed by atoms with Gasteiger partial charge in [-0.1, -0.05) is 51.9 Å². The van der Waals surface area contributed by atoms with E-state index in [0.717, 1.165) is 23.2 Å². The van der Waals surface area contributed by atoms with Crippen LogP contribution < -0.4 is 0 Å². The summed E-state index contributed by atoms with van der Waals surface area (Å²) in [6.07, 6.45) is 15.6. The Morgan fingerprint density at radius 2 is 1.07 bits per heavy atom. The summed E-state index contributed by atoms with van der Waals surface area (Å²) in [5, 5.41) is 0. The SMILES string of the molecule is CC12CC3CCCC(CCC(CC3)C1)C2. The maximum atomic E-state index is 2.61. The monoisotopic (exact) mass is 206 g/mol. The molecule has 0 radical (unpaired) electrons. The lowest BCUT2D eigenvalue weighted by molar-refractivity contribution is 0.156. The minimum Gasteiger partial charge on any atom is -0.0596 e. The molecule has 0 N–H and O–H groups in total. The zero-order chi connectivity index (χ0) is 10.3. The lowest BCUT2D eigenvalue weighted by Crippen LogP contribution is -2.24. The van der Waals surface area contributed by atoms with Gasteiger partial charge >= 0.3 is 0 Å². The fourth-order valence-electron chi connectivity index (χ4n) is 5.02. The minimum absolute atomic E-state index is 0.743. The highest BCUT2D eigenvalue weighted by Crippen LogP contribution is 2.52. The lowest BCUT2D eigenvalue weighted by Gasteiger charge is -2.36. The van der Waals surface area contributed by atoms with Gasteiger partial charge in [-0.15, -0.1) is 0 Å². The molecule has 3 saturated carbocycles. The third-order valence-corrected chi connectivity index (χ3v) is 5.54. The Balaban J connectivity index is 1.89. The summed E-state index contributed by atoms with van der Waals surface area (Å²) >= 11 is 0. The van der Waals surface area contributed by atoms with Crippen LogP contribution in [0.1, 0.15) is 71.1 Å². The molecule has 0 heterocycles. The second-order valence-corrected chi connectivity index (χ2v) is 7.11. The van der Waals surface area contributed by atoms with Gasteiger partial charge in [-0.25, -0.2) is 0 Å². The van der Waals surface area contributed by atoms with Crippen LogP contribution in [0.4, 0.5) is 0 Å². The maximum Gasteiger partial charge on any atom is -0.0318 e. The molecule has 0 heteroatoms. The second-order valence-electron chi connectivity index (χ2n) is 7.11. The number of hydrogen-bond donors (Lipinski definition) is 0. The molecule has 3 aliphatic carbocycles. The summed E-state index contributed by atoms with van der Waals surface area (Å²) in [7, 11) is 0. The summed E-state index contributed by atoms with van der Waals surface area (Å²) in [6.45, 7) is 2.61. The van der Waals surface area contributed by atoms with Crippen molar-refractivity contribution in [1.29, 1.82) is 0 Å². The molecule has 0 nitrogen and oxygen atoms in total. The third kappa shape index (κ3) is 2.10. The Labute approximate surface area is 94.8 Å². The fraction of sp³-hybridized carbons (Fsp3) is 1.00. The molecule has 3 fully saturated rings. The van der Waals surface area contributed by atoms with Gasteiger partial charge in [0.05, 0.1) is 0 Å². The van der Waals surface area contributed by atoms with Crippen LogP contribution in [-0.2, 0) is 0 Å². The van der Waals surface area contributed by atoms with Gasteiger partial charge < -0.3 is 0 Å². The molecule has 0 aromatic heterocycles. The predicted molar refractivity (Wildman–Crippen MR) is 64.7 cm³/mol. The van der Waals surface area contributed by atoms with Crippen LogP contribution in [-0.4, -0.2) is 0 Å². The van der Waals surface area contributed by atoms with Crippen molar-refractivity contribution in [3.8, 4) is 0 Å². The molecular formula is C15H26. The maximum absolute atomic E-state index is 2.61. The molecule has 2 atom stereocenters. The van der Waals surface area contributed by atoms with E-state index in [9.17, 15) is 0 Å². The van der Waals surface area contributed by atoms with Crippen LogP contribution in [0.2, 0.25) is 0 Å². The van der Waals surface area contributed by atoms with Crippen molar-refractivity contribution in [1.82, 2.24) is 0 Å². The van der Waals surface area contributed by atoms with Gasteiger partial charge in [-0.2, -0.15) is 0 Å². The summed E-state index contributed by atoms with van der Waals surface area (Å²) in [5.74, 6) is 3.29. The fourth-order valence-corrected chi connectivity index (χ4v) is 5.02. The number of hydrogen-bond acceptors (Lipinski definition) is 0. The topological polar surface area (TPSA) is 0 Å². The molecule has 15 heavy (non-hydrogen) atoms. The Morgan fingerprint density at radius 3 is 1.53 bits per heavy atom. The molecule has 86 valence electrons. The molecule has 3 aliphatic rings. The van der Waals surface area contributed by atoms with Crippen molar-refractivity contribution in [2.24, 2.45) is 23.2 Å². The zero-order valence-corrected chi connectivity index (χ0v) is 10.3. The van der Waals surface area contributed by atoms with Crippen molar-refractivity contribution in [3.05, 3.63) is 0 Å². The van der Waals surface area contributed by atoms with Crippen LogP contribution >= 0.6 is 0 Å². The van der Waals surface area contributed by atoms with Crippen LogP contribution in [0, 0.1) is 23.2 Å². The van der Waals surface area contributed by atoms with E-state index in [1.54, 1.807) is 57.8 Å². The quantitative estimate of drug-likeness (QED) is 0.535. The lowest BCUT2D eigenvalue weighted by atomic mass is 9.70. The van der Waals surface area contributed by atoms with E-state index < -0.39 is 0 Å². The van der Waals surface area contributed by atoms with E-state index in [0.29, 0.717) is 0 Å². The first kappa shape index (κ1) is 10.2. The van der Waals surface area contributed by atoms with Gasteiger partial charge in [0.15, 0.2) is 0 Å². The average molecular weight is 206 g/mol. The highest BCUT2D eigenvalue weighted by Gasteiger charge is 2.39. The van der Waals surface area contributed by atoms with Crippen LogP contribution in [0.15, 0.2) is 0 Å². The normalized spacial score (nSPS) is 50.6. The molecule has 0 aromatic rings. The molecule has 3 rings (SSSR count). The van der Waals surface area contributed by atoms with Crippen LogP contribution in [0.3, 0.4) is 0 Å². The Bertz CT molecular complexity index is 208. The second kappa shape index (κ2) is 3.79. The van der Waals surface area contributed by atoms with E-state index in [4.69, 9.17) is 0 Å². The molecule has 0 amide bonds. The first-order valence-corrected chi connectivity index (χ1v) is 7.23. The van der Waals surface area contributed by atoms with Crippen LogP contribution in [0.25, 0.3) is 0 Å². The summed E-state index contributed by atoms with van der Waals surface area (Å²) in [6, 6.07) is 0. The largest absolute Gasteiger partial charge is 0.0596 e. The summed E-state index contributed by atoms with van der Waals surface area (Å²) in [5.41, 5.74) is 0.743. The van der Waals surface area contributed by atoms with Gasteiger partial charge in [0.25, 0.3) is 0 Å². The number of rotatable bonds is 0. The standard InChI is InChI=1S/C15H26/c1-15-9-12-3-2-4-13(10-15)6-8-14(11-15)7-5-12/h12-14H,2-11H2,1H3. The smallest absolute Gasteiger partial charge is 0.0318 e. The van der Waals surface area contributed by atoms with Gasteiger partial charge in [0.1, 0.15) is 0 Å². The zero-order valence-electron chi connectivity index (χ0n) is 10.3. The van der Waals surface area contributed by atoms with Crippen molar-refractivity contribution in [2.75, 3.05) is 0 Å². The average Bonchev–Trinajstić information content (AvgIpc) is 2.44. The molecule has 2 unspecified atom stereocenters. The van der Waals surface area contributed by atoms with E-state index in [2.05, 4.69) is 6.92 Å². The van der Waals surface area contributed by atoms with Gasteiger partial charge in [-0.05, 0) is 42.4 Å². The van der Waals surface area contributed by atoms with Crippen molar-refractivity contribution in [2.45, 2.75) is 71.1 Å². The first-order valence-electron chi connectivity index (χ1n) is 7.23. The summed E-state index contributed by atoms with van der Waals surface area (Å²) in [4.78, 5) is 0. The molecule has 0 aromatic carbocycles. The highest BCUT2D eigenvalue weighted by atomic mass is 14.4. The van der Waals surface area contributed by atoms with Crippen LogP contribution in [0.5, 0.6) is 0 Å². The minimum atomic E-state index is 0.743. The van der Waals surface area contributed by atoms with Gasteiger partial charge in [0, 0.05) is 0 Å². The van der Waals surface area contributed by atoms with Gasteiger partial charge in [0.2, 0.25) is 0 Å². The molecule has 0 spiro atoms. The Hall–Kier alpha value is 0. The van der Waals surface area contributed by atoms with Gasteiger partial charge in [-0.3, -0.25) is 0 Å². The van der Waals surface area contributed by atoms with Crippen molar-refractivity contribution < 1.29 is 0 Å². The molecular weight excluding hydrogens is 180 g/mol. The first-order chi connectivity index (χ1) is 7.23. The molecule has 0 aliphatic heterocycles. The van der Waals surface area contributed by atoms with Crippen molar-refractivity contribution in [3.63, 3.8) is 0 Å². The highest BCUT2D eigenvalue weighted by molar-refractivity contribution is 4.91. The van der Waals surface area contributed by atoms with E-state index in [-0.39, 0.29) is 0 Å². The third-order valence-electron chi connectivity index (χ3n) is 5.54. The van der Waals surface area contributed by atoms with E-state index in [1.807, 2.05) is 0 Å². The molecule has 0 saturated heterocycles. The van der Waals surface area contributed by atoms with Crippen molar-refractivity contribution >= 4 is 0 Å².